The number of benzene rings is 2. The van der Waals surface area contributed by atoms with Crippen LogP contribution in [0.1, 0.15) is 74.4 Å². The van der Waals surface area contributed by atoms with E-state index >= 15 is 0 Å². The third kappa shape index (κ3) is 3.90. The molecule has 2 atom stereocenters. The van der Waals surface area contributed by atoms with Crippen LogP contribution in [-0.4, -0.2) is 11.6 Å². The lowest BCUT2D eigenvalue weighted by atomic mass is 10.0. The van der Waals surface area contributed by atoms with E-state index in [1.54, 1.807) is 0 Å². The van der Waals surface area contributed by atoms with E-state index in [1.165, 1.54) is 27.8 Å². The predicted octanol–water partition coefficient (Wildman–Crippen LogP) is 7.27. The molecule has 2 aromatic carbocycles. The first kappa shape index (κ1) is 22.4. The molecular weight excluding hydrogens is 492 g/mol. The third-order valence-corrected chi connectivity index (χ3v) is 8.59. The Morgan fingerprint density at radius 3 is 2.10 bits per heavy atom. The maximum atomic E-state index is 12.0. The van der Waals surface area contributed by atoms with Gasteiger partial charge in [-0.1, -0.05) is 35.8 Å². The van der Waals surface area contributed by atoms with Crippen molar-refractivity contribution in [3.05, 3.63) is 65.6 Å². The molecule has 2 aliphatic carbocycles. The van der Waals surface area contributed by atoms with Crippen LogP contribution in [0.2, 0.25) is 0 Å². The number of carbonyl (C=O) groups excluding carboxylic acids is 2. The van der Waals surface area contributed by atoms with Crippen LogP contribution in [-0.2, 0) is 12.8 Å². The molecule has 4 heteroatoms. The number of halogens is 2. The number of aryl methyl sites for hydroxylation is 2. The molecule has 0 saturated carbocycles. The van der Waals surface area contributed by atoms with Gasteiger partial charge in [-0.05, 0) is 102 Å². The Labute approximate surface area is 190 Å². The van der Waals surface area contributed by atoms with Gasteiger partial charge in [0.2, 0.25) is 0 Å². The van der Waals surface area contributed by atoms with Crippen molar-refractivity contribution < 1.29 is 9.59 Å². The van der Waals surface area contributed by atoms with Crippen molar-refractivity contribution in [1.82, 2.24) is 0 Å². The van der Waals surface area contributed by atoms with Crippen molar-refractivity contribution in [2.75, 3.05) is 0 Å². The molecule has 0 spiro atoms. The summed E-state index contributed by atoms with van der Waals surface area (Å²) in [5.41, 5.74) is 9.19. The van der Waals surface area contributed by atoms with Crippen LogP contribution in [0, 0.1) is 39.5 Å². The molecule has 2 unspecified atom stereocenters. The molecular formula is C25H28Br2O2. The molecule has 4 rings (SSSR count). The SMILES string of the molecule is CCC1Cc2cc(C)c(C)cc2C1=O.Cc1c(C)c(Br)c2c(c1Br)CC(C)C2=O. The second-order valence-electron chi connectivity index (χ2n) is 8.47. The van der Waals surface area contributed by atoms with Gasteiger partial charge >= 0.3 is 0 Å². The van der Waals surface area contributed by atoms with Gasteiger partial charge in [0.05, 0.1) is 0 Å². The largest absolute Gasteiger partial charge is 0.294 e. The number of Topliss-reactive ketones (excluding diaryl/α,β-unsaturated/α-hetero) is 2. The Hall–Kier alpha value is -1.26. The van der Waals surface area contributed by atoms with Crippen molar-refractivity contribution in [1.29, 1.82) is 0 Å². The highest BCUT2D eigenvalue weighted by atomic mass is 79.9. The third-order valence-electron chi connectivity index (χ3n) is 6.53. The molecule has 0 bridgehead atoms. The topological polar surface area (TPSA) is 34.1 Å². The van der Waals surface area contributed by atoms with Gasteiger partial charge in [0, 0.05) is 31.9 Å². The Kier molecular flexibility index (Phi) is 6.55. The summed E-state index contributed by atoms with van der Waals surface area (Å²) in [7, 11) is 0. The second kappa shape index (κ2) is 8.47. The van der Waals surface area contributed by atoms with E-state index in [1.807, 2.05) is 13.8 Å². The maximum absolute atomic E-state index is 12.0. The van der Waals surface area contributed by atoms with E-state index in [-0.39, 0.29) is 17.6 Å². The second-order valence-corrected chi connectivity index (χ2v) is 10.1. The average molecular weight is 520 g/mol. The zero-order valence-electron chi connectivity index (χ0n) is 18.0. The number of hydrogen-bond donors (Lipinski definition) is 0. The van der Waals surface area contributed by atoms with E-state index in [4.69, 9.17) is 0 Å². The summed E-state index contributed by atoms with van der Waals surface area (Å²) < 4.78 is 2.09. The molecule has 0 fully saturated rings. The van der Waals surface area contributed by atoms with Crippen LogP contribution in [0.15, 0.2) is 21.1 Å². The maximum Gasteiger partial charge on any atom is 0.167 e. The molecule has 0 aliphatic heterocycles. The molecule has 0 aromatic heterocycles. The minimum absolute atomic E-state index is 0.119. The summed E-state index contributed by atoms with van der Waals surface area (Å²) in [6.45, 7) is 12.4. The minimum Gasteiger partial charge on any atom is -0.294 e. The summed E-state index contributed by atoms with van der Waals surface area (Å²) in [5.74, 6) is 0.978. The van der Waals surface area contributed by atoms with Crippen molar-refractivity contribution in [2.24, 2.45) is 11.8 Å². The van der Waals surface area contributed by atoms with Gasteiger partial charge < -0.3 is 0 Å². The first-order valence-electron chi connectivity index (χ1n) is 10.2. The van der Waals surface area contributed by atoms with Gasteiger partial charge in [0.1, 0.15) is 0 Å². The zero-order chi connectivity index (χ0) is 21.6. The molecule has 0 saturated heterocycles. The van der Waals surface area contributed by atoms with Crippen molar-refractivity contribution in [3.8, 4) is 0 Å². The number of ketones is 2. The highest BCUT2D eigenvalue weighted by Gasteiger charge is 2.32. The lowest BCUT2D eigenvalue weighted by Crippen LogP contribution is -2.06. The molecule has 29 heavy (non-hydrogen) atoms. The summed E-state index contributed by atoms with van der Waals surface area (Å²) in [5, 5.41) is 0. The van der Waals surface area contributed by atoms with Crippen molar-refractivity contribution in [3.63, 3.8) is 0 Å². The van der Waals surface area contributed by atoms with Gasteiger partial charge in [0.25, 0.3) is 0 Å². The number of rotatable bonds is 1. The zero-order valence-corrected chi connectivity index (χ0v) is 21.2. The highest BCUT2D eigenvalue weighted by Crippen LogP contribution is 2.41. The number of carbonyl (C=O) groups is 2. The molecule has 2 aromatic rings. The lowest BCUT2D eigenvalue weighted by molar-refractivity contribution is 0.0930. The fourth-order valence-corrected chi connectivity index (χ4v) is 5.65. The first-order valence-corrected chi connectivity index (χ1v) is 11.8. The predicted molar refractivity (Wildman–Crippen MR) is 126 cm³/mol. The Morgan fingerprint density at radius 1 is 0.897 bits per heavy atom. The highest BCUT2D eigenvalue weighted by molar-refractivity contribution is 9.11. The van der Waals surface area contributed by atoms with Gasteiger partial charge in [-0.15, -0.1) is 0 Å². The van der Waals surface area contributed by atoms with Crippen LogP contribution in [0.5, 0.6) is 0 Å². The van der Waals surface area contributed by atoms with Gasteiger partial charge in [-0.25, -0.2) is 0 Å². The van der Waals surface area contributed by atoms with E-state index in [0.717, 1.165) is 44.9 Å². The molecule has 2 nitrogen and oxygen atoms in total. The summed E-state index contributed by atoms with van der Waals surface area (Å²) in [6, 6.07) is 4.24. The van der Waals surface area contributed by atoms with Crippen LogP contribution in [0.4, 0.5) is 0 Å². The normalized spacial score (nSPS) is 19.7. The average Bonchev–Trinajstić information content (AvgIpc) is 3.16. The smallest absolute Gasteiger partial charge is 0.167 e. The van der Waals surface area contributed by atoms with Crippen LogP contribution < -0.4 is 0 Å². The van der Waals surface area contributed by atoms with Crippen LogP contribution >= 0.6 is 31.9 Å². The molecule has 0 radical (unpaired) electrons. The first-order chi connectivity index (χ1) is 13.6. The molecule has 0 N–H and O–H groups in total. The van der Waals surface area contributed by atoms with Gasteiger partial charge in [-0.2, -0.15) is 0 Å². The molecule has 0 amide bonds. The number of hydrogen-bond acceptors (Lipinski definition) is 2. The number of fused-ring (bicyclic) bond motifs is 2. The van der Waals surface area contributed by atoms with E-state index in [0.29, 0.717) is 5.78 Å². The van der Waals surface area contributed by atoms with E-state index in [9.17, 15) is 9.59 Å². The van der Waals surface area contributed by atoms with Crippen molar-refractivity contribution in [2.45, 2.75) is 60.8 Å². The summed E-state index contributed by atoms with van der Waals surface area (Å²) in [6.07, 6.45) is 2.77. The monoisotopic (exact) mass is 518 g/mol. The van der Waals surface area contributed by atoms with Crippen LogP contribution in [0.25, 0.3) is 0 Å². The van der Waals surface area contributed by atoms with Gasteiger partial charge in [-0.3, -0.25) is 9.59 Å². The quantitative estimate of drug-likeness (QED) is 0.397. The molecule has 2 aliphatic rings. The summed E-state index contributed by atoms with van der Waals surface area (Å²) >= 11 is 7.14. The molecule has 154 valence electrons. The van der Waals surface area contributed by atoms with Gasteiger partial charge in [0.15, 0.2) is 11.6 Å². The van der Waals surface area contributed by atoms with E-state index in [2.05, 4.69) is 71.7 Å². The van der Waals surface area contributed by atoms with E-state index < -0.39 is 0 Å². The van der Waals surface area contributed by atoms with Crippen molar-refractivity contribution >= 4 is 43.4 Å². The minimum atomic E-state index is 0.119. The summed E-state index contributed by atoms with van der Waals surface area (Å²) in [4.78, 5) is 23.9. The lowest BCUT2D eigenvalue weighted by Gasteiger charge is -2.11. The Balaban J connectivity index is 0.000000166. The van der Waals surface area contributed by atoms with Crippen LogP contribution in [0.3, 0.4) is 0 Å². The fraction of sp³-hybridized carbons (Fsp3) is 0.440. The Morgan fingerprint density at radius 2 is 1.48 bits per heavy atom. The fourth-order valence-electron chi connectivity index (χ4n) is 4.26. The standard InChI is InChI=1S/C13H16O.C12H12Br2O/c1-4-10-7-11-5-8(2)9(3)6-12(11)13(10)14;1-5-4-8-9(12(5)15)11(14)7(3)6(2)10(8)13/h5-6,10H,4,7H2,1-3H3;5H,4H2,1-3H3. The molecule has 0 heterocycles. The Bertz CT molecular complexity index is 1020.